The molecule has 25 heavy (non-hydrogen) atoms. The lowest BCUT2D eigenvalue weighted by molar-refractivity contribution is 0.209. The van der Waals surface area contributed by atoms with Crippen LogP contribution in [0.15, 0.2) is 18.5 Å². The highest BCUT2D eigenvalue weighted by Crippen LogP contribution is 2.25. The van der Waals surface area contributed by atoms with Crippen LogP contribution in [0.4, 0.5) is 10.7 Å². The Hall–Kier alpha value is -1.89. The SMILES string of the molecule is CC1CC(NC(=O)NCCCCN2CCN(c3ncccn3)CC2)C1. The van der Waals surface area contributed by atoms with Crippen molar-refractivity contribution in [3.63, 3.8) is 0 Å². The lowest BCUT2D eigenvalue weighted by atomic mass is 9.82. The Bertz CT molecular complexity index is 526. The number of piperazine rings is 1. The van der Waals surface area contributed by atoms with Gasteiger partial charge in [0.15, 0.2) is 0 Å². The molecule has 0 spiro atoms. The van der Waals surface area contributed by atoms with Gasteiger partial charge in [0.25, 0.3) is 0 Å². The summed E-state index contributed by atoms with van der Waals surface area (Å²) in [4.78, 5) is 25.1. The van der Waals surface area contributed by atoms with Crippen molar-refractivity contribution in [1.82, 2.24) is 25.5 Å². The summed E-state index contributed by atoms with van der Waals surface area (Å²) in [6, 6.07) is 2.23. The third-order valence-corrected chi connectivity index (χ3v) is 5.10. The van der Waals surface area contributed by atoms with Gasteiger partial charge in [0, 0.05) is 51.2 Å². The summed E-state index contributed by atoms with van der Waals surface area (Å²) in [5.41, 5.74) is 0. The number of hydrogen-bond acceptors (Lipinski definition) is 5. The zero-order valence-corrected chi connectivity index (χ0v) is 15.2. The van der Waals surface area contributed by atoms with Gasteiger partial charge in [-0.3, -0.25) is 4.90 Å². The highest BCUT2D eigenvalue weighted by atomic mass is 16.2. The fourth-order valence-electron chi connectivity index (χ4n) is 3.54. The van der Waals surface area contributed by atoms with Gasteiger partial charge in [-0.2, -0.15) is 0 Å². The summed E-state index contributed by atoms with van der Waals surface area (Å²) >= 11 is 0. The molecule has 1 aliphatic heterocycles. The molecule has 2 N–H and O–H groups in total. The maximum atomic E-state index is 11.7. The van der Waals surface area contributed by atoms with Crippen molar-refractivity contribution >= 4 is 12.0 Å². The monoisotopic (exact) mass is 346 g/mol. The van der Waals surface area contributed by atoms with E-state index in [9.17, 15) is 4.79 Å². The fourth-order valence-corrected chi connectivity index (χ4v) is 3.54. The second-order valence-corrected chi connectivity index (χ2v) is 7.26. The molecule has 2 aliphatic rings. The number of nitrogens with one attached hydrogen (secondary N) is 2. The van der Waals surface area contributed by atoms with E-state index >= 15 is 0 Å². The molecule has 1 aliphatic carbocycles. The van der Waals surface area contributed by atoms with Gasteiger partial charge in [-0.05, 0) is 44.2 Å². The zero-order chi connectivity index (χ0) is 17.5. The first kappa shape index (κ1) is 17.9. The zero-order valence-electron chi connectivity index (χ0n) is 15.2. The molecule has 0 unspecified atom stereocenters. The van der Waals surface area contributed by atoms with Crippen molar-refractivity contribution in [1.29, 1.82) is 0 Å². The van der Waals surface area contributed by atoms with Crippen molar-refractivity contribution < 1.29 is 4.79 Å². The van der Waals surface area contributed by atoms with E-state index in [0.717, 1.165) is 76.8 Å². The second kappa shape index (κ2) is 8.99. The van der Waals surface area contributed by atoms with Gasteiger partial charge in [-0.1, -0.05) is 6.92 Å². The number of carbonyl (C=O) groups excluding carboxylic acids is 1. The normalized spacial score (nSPS) is 23.8. The van der Waals surface area contributed by atoms with Gasteiger partial charge < -0.3 is 15.5 Å². The minimum atomic E-state index is -0.00613. The van der Waals surface area contributed by atoms with Crippen LogP contribution in [0.3, 0.4) is 0 Å². The number of unbranched alkanes of at least 4 members (excludes halogenated alkanes) is 1. The van der Waals surface area contributed by atoms with Gasteiger partial charge in [0.05, 0.1) is 0 Å². The molecule has 1 saturated heterocycles. The Balaban J connectivity index is 1.21. The molecule has 1 aromatic rings. The van der Waals surface area contributed by atoms with Crippen LogP contribution in [0, 0.1) is 5.92 Å². The summed E-state index contributed by atoms with van der Waals surface area (Å²) in [6.07, 6.45) is 7.97. The average Bonchev–Trinajstić information content (AvgIpc) is 2.61. The van der Waals surface area contributed by atoms with E-state index in [2.05, 4.69) is 37.3 Å². The molecule has 7 nitrogen and oxygen atoms in total. The standard InChI is InChI=1S/C18H30N6O/c1-15-13-16(14-15)22-18(25)21-5-2-3-8-23-9-11-24(12-10-23)17-19-6-4-7-20-17/h4,6-7,15-16H,2-3,5,8-14H2,1H3,(H2,21,22,25). The first-order valence-corrected chi connectivity index (χ1v) is 9.49. The van der Waals surface area contributed by atoms with Gasteiger partial charge in [0.1, 0.15) is 0 Å². The Kier molecular flexibility index (Phi) is 6.44. The van der Waals surface area contributed by atoms with Crippen LogP contribution in [0.5, 0.6) is 0 Å². The van der Waals surface area contributed by atoms with Gasteiger partial charge in [0.2, 0.25) is 5.95 Å². The summed E-state index contributed by atoms with van der Waals surface area (Å²) in [5.74, 6) is 1.59. The fraction of sp³-hybridized carbons (Fsp3) is 0.722. The van der Waals surface area contributed by atoms with E-state index in [1.165, 1.54) is 0 Å². The van der Waals surface area contributed by atoms with Crippen LogP contribution in [-0.2, 0) is 0 Å². The van der Waals surface area contributed by atoms with Crippen molar-refractivity contribution in [2.75, 3.05) is 44.2 Å². The summed E-state index contributed by atoms with van der Waals surface area (Å²) in [5, 5.41) is 6.00. The minimum absolute atomic E-state index is 0.00613. The molecule has 138 valence electrons. The largest absolute Gasteiger partial charge is 0.338 e. The number of aromatic nitrogens is 2. The molecule has 1 saturated carbocycles. The Labute approximate surface area is 150 Å². The van der Waals surface area contributed by atoms with E-state index in [-0.39, 0.29) is 6.03 Å². The highest BCUT2D eigenvalue weighted by molar-refractivity contribution is 5.74. The van der Waals surface area contributed by atoms with Crippen LogP contribution in [0.1, 0.15) is 32.6 Å². The van der Waals surface area contributed by atoms with Gasteiger partial charge in [-0.25, -0.2) is 14.8 Å². The van der Waals surface area contributed by atoms with Crippen LogP contribution < -0.4 is 15.5 Å². The lowest BCUT2D eigenvalue weighted by Gasteiger charge is -2.34. The maximum Gasteiger partial charge on any atom is 0.315 e. The van der Waals surface area contributed by atoms with Crippen molar-refractivity contribution in [3.05, 3.63) is 18.5 Å². The van der Waals surface area contributed by atoms with Crippen LogP contribution in [0.25, 0.3) is 0 Å². The van der Waals surface area contributed by atoms with Gasteiger partial charge >= 0.3 is 6.03 Å². The number of anilines is 1. The molecule has 7 heteroatoms. The molecule has 2 fully saturated rings. The molecule has 0 atom stereocenters. The average molecular weight is 346 g/mol. The number of carbonyl (C=O) groups is 1. The molecular weight excluding hydrogens is 316 g/mol. The summed E-state index contributed by atoms with van der Waals surface area (Å²) in [6.45, 7) is 8.12. The quantitative estimate of drug-likeness (QED) is 0.732. The van der Waals surface area contributed by atoms with E-state index in [1.807, 2.05) is 6.07 Å². The number of hydrogen-bond donors (Lipinski definition) is 2. The van der Waals surface area contributed by atoms with Crippen molar-refractivity contribution in [2.24, 2.45) is 5.92 Å². The highest BCUT2D eigenvalue weighted by Gasteiger charge is 2.26. The Morgan fingerprint density at radius 2 is 1.88 bits per heavy atom. The van der Waals surface area contributed by atoms with Crippen molar-refractivity contribution in [2.45, 2.75) is 38.6 Å². The third-order valence-electron chi connectivity index (χ3n) is 5.10. The van der Waals surface area contributed by atoms with Gasteiger partial charge in [-0.15, -0.1) is 0 Å². The van der Waals surface area contributed by atoms with E-state index < -0.39 is 0 Å². The molecule has 2 amide bonds. The molecular formula is C18H30N6O. The molecule has 2 heterocycles. The van der Waals surface area contributed by atoms with Crippen LogP contribution in [-0.4, -0.2) is 66.2 Å². The van der Waals surface area contributed by atoms with Crippen molar-refractivity contribution in [3.8, 4) is 0 Å². The predicted molar refractivity (Wildman–Crippen MR) is 98.6 cm³/mol. The maximum absolute atomic E-state index is 11.7. The molecule has 0 aromatic carbocycles. The molecule has 1 aromatic heterocycles. The summed E-state index contributed by atoms with van der Waals surface area (Å²) < 4.78 is 0. The second-order valence-electron chi connectivity index (χ2n) is 7.26. The number of amides is 2. The Morgan fingerprint density at radius 3 is 2.56 bits per heavy atom. The molecule has 3 rings (SSSR count). The van der Waals surface area contributed by atoms with Crippen LogP contribution >= 0.6 is 0 Å². The minimum Gasteiger partial charge on any atom is -0.338 e. The van der Waals surface area contributed by atoms with E-state index in [0.29, 0.717) is 6.04 Å². The van der Waals surface area contributed by atoms with Crippen LogP contribution in [0.2, 0.25) is 0 Å². The molecule has 0 radical (unpaired) electrons. The van der Waals surface area contributed by atoms with E-state index in [1.54, 1.807) is 12.4 Å². The number of urea groups is 1. The Morgan fingerprint density at radius 1 is 1.16 bits per heavy atom. The lowest BCUT2D eigenvalue weighted by Crippen LogP contribution is -2.48. The first-order valence-electron chi connectivity index (χ1n) is 9.49. The summed E-state index contributed by atoms with van der Waals surface area (Å²) in [7, 11) is 0. The predicted octanol–water partition coefficient (Wildman–Crippen LogP) is 1.48. The topological polar surface area (TPSA) is 73.4 Å². The van der Waals surface area contributed by atoms with E-state index in [4.69, 9.17) is 0 Å². The molecule has 0 bridgehead atoms. The third kappa shape index (κ3) is 5.56. The smallest absolute Gasteiger partial charge is 0.315 e. The first-order chi connectivity index (χ1) is 12.2. The number of nitrogens with zero attached hydrogens (tertiary/aromatic N) is 4. The number of rotatable bonds is 7.